The number of aromatic nitrogens is 2. The highest BCUT2D eigenvalue weighted by Gasteiger charge is 2.16. The van der Waals surface area contributed by atoms with E-state index in [2.05, 4.69) is 20.6 Å². The number of benzene rings is 1. The van der Waals surface area contributed by atoms with E-state index in [0.29, 0.717) is 16.8 Å². The minimum atomic E-state index is 0.513. The fraction of sp³-hybridized carbons (Fsp3) is 0.444. The summed E-state index contributed by atoms with van der Waals surface area (Å²) in [7, 11) is 1.63. The van der Waals surface area contributed by atoms with Gasteiger partial charge in [0.25, 0.3) is 0 Å². The first-order valence-electron chi connectivity index (χ1n) is 8.28. The molecule has 6 heteroatoms. The lowest BCUT2D eigenvalue weighted by Gasteiger charge is -2.16. The molecule has 0 amide bonds. The summed E-state index contributed by atoms with van der Waals surface area (Å²) in [4.78, 5) is 8.98. The monoisotopic (exact) mass is 346 g/mol. The molecule has 3 rings (SSSR count). The molecule has 2 N–H and O–H groups in total. The standard InChI is InChI=1S/C18H23ClN4O/c1-11-8-15(16(24-3)9-14(11)19)23-18-10-17(20-12(2)21-18)22-13-6-4-5-7-13/h8-10,13H,4-7H2,1-3H3,(H2,20,21,22,23). The van der Waals surface area contributed by atoms with Crippen LogP contribution in [0.5, 0.6) is 5.75 Å². The van der Waals surface area contributed by atoms with Gasteiger partial charge in [-0.1, -0.05) is 24.4 Å². The molecule has 2 aromatic rings. The van der Waals surface area contributed by atoms with Gasteiger partial charge in [-0.15, -0.1) is 0 Å². The fourth-order valence-electron chi connectivity index (χ4n) is 3.05. The minimum Gasteiger partial charge on any atom is -0.495 e. The summed E-state index contributed by atoms with van der Waals surface area (Å²) in [6.45, 7) is 3.86. The van der Waals surface area contributed by atoms with Gasteiger partial charge in [-0.25, -0.2) is 9.97 Å². The summed E-state index contributed by atoms with van der Waals surface area (Å²) in [6.07, 6.45) is 4.98. The van der Waals surface area contributed by atoms with Crippen LogP contribution in [0, 0.1) is 13.8 Å². The Morgan fingerprint density at radius 3 is 2.50 bits per heavy atom. The number of methoxy groups -OCH3 is 1. The van der Waals surface area contributed by atoms with E-state index < -0.39 is 0 Å². The van der Waals surface area contributed by atoms with Gasteiger partial charge in [0.2, 0.25) is 0 Å². The molecule has 24 heavy (non-hydrogen) atoms. The highest BCUT2D eigenvalue weighted by Crippen LogP contribution is 2.33. The number of ether oxygens (including phenoxy) is 1. The quantitative estimate of drug-likeness (QED) is 0.810. The summed E-state index contributed by atoms with van der Waals surface area (Å²) in [5.41, 5.74) is 1.82. The van der Waals surface area contributed by atoms with E-state index in [1.165, 1.54) is 25.7 Å². The number of hydrogen-bond acceptors (Lipinski definition) is 5. The Bertz CT molecular complexity index is 729. The van der Waals surface area contributed by atoms with Gasteiger partial charge in [0.1, 0.15) is 23.2 Å². The molecule has 0 bridgehead atoms. The average molecular weight is 347 g/mol. The van der Waals surface area contributed by atoms with Crippen molar-refractivity contribution in [1.82, 2.24) is 9.97 Å². The number of nitrogens with one attached hydrogen (secondary N) is 2. The van der Waals surface area contributed by atoms with Gasteiger partial charge < -0.3 is 15.4 Å². The van der Waals surface area contributed by atoms with Gasteiger partial charge in [-0.2, -0.15) is 0 Å². The molecule has 0 radical (unpaired) electrons. The smallest absolute Gasteiger partial charge is 0.143 e. The summed E-state index contributed by atoms with van der Waals surface area (Å²) in [5, 5.41) is 7.52. The zero-order valence-electron chi connectivity index (χ0n) is 14.3. The number of halogens is 1. The van der Waals surface area contributed by atoms with Crippen molar-refractivity contribution in [3.05, 3.63) is 34.6 Å². The fourth-order valence-corrected chi connectivity index (χ4v) is 3.21. The van der Waals surface area contributed by atoms with Crippen molar-refractivity contribution in [2.45, 2.75) is 45.6 Å². The van der Waals surface area contributed by atoms with Gasteiger partial charge >= 0.3 is 0 Å². The van der Waals surface area contributed by atoms with Crippen molar-refractivity contribution in [2.24, 2.45) is 0 Å². The summed E-state index contributed by atoms with van der Waals surface area (Å²) in [5.74, 6) is 3.02. The predicted molar refractivity (Wildman–Crippen MR) is 98.7 cm³/mol. The highest BCUT2D eigenvalue weighted by atomic mass is 35.5. The molecule has 1 aliphatic rings. The van der Waals surface area contributed by atoms with Crippen LogP contribution in [-0.2, 0) is 0 Å². The van der Waals surface area contributed by atoms with E-state index in [4.69, 9.17) is 16.3 Å². The van der Waals surface area contributed by atoms with Gasteiger partial charge in [-0.3, -0.25) is 0 Å². The molecule has 1 aromatic carbocycles. The Hall–Kier alpha value is -2.01. The van der Waals surface area contributed by atoms with E-state index in [9.17, 15) is 0 Å². The maximum atomic E-state index is 6.17. The third-order valence-electron chi connectivity index (χ3n) is 4.29. The molecule has 0 atom stereocenters. The molecule has 0 aliphatic heterocycles. The van der Waals surface area contributed by atoms with E-state index in [1.54, 1.807) is 7.11 Å². The Morgan fingerprint density at radius 2 is 1.79 bits per heavy atom. The summed E-state index contributed by atoms with van der Waals surface area (Å²) in [6, 6.07) is 6.22. The number of rotatable bonds is 5. The normalized spacial score (nSPS) is 14.7. The lowest BCUT2D eigenvalue weighted by Crippen LogP contribution is -2.16. The maximum Gasteiger partial charge on any atom is 0.143 e. The second-order valence-corrected chi connectivity index (χ2v) is 6.65. The third-order valence-corrected chi connectivity index (χ3v) is 4.70. The minimum absolute atomic E-state index is 0.513. The Morgan fingerprint density at radius 1 is 1.08 bits per heavy atom. The van der Waals surface area contributed by atoms with Crippen LogP contribution in [-0.4, -0.2) is 23.1 Å². The van der Waals surface area contributed by atoms with Crippen LogP contribution in [0.1, 0.15) is 37.1 Å². The van der Waals surface area contributed by atoms with E-state index in [1.807, 2.05) is 32.0 Å². The van der Waals surface area contributed by atoms with Crippen LogP contribution in [0.25, 0.3) is 0 Å². The first kappa shape index (κ1) is 16.8. The van der Waals surface area contributed by atoms with E-state index in [0.717, 1.165) is 28.7 Å². The average Bonchev–Trinajstić information content (AvgIpc) is 3.03. The predicted octanol–water partition coefficient (Wildman–Crippen LogP) is 4.85. The molecule has 1 heterocycles. The zero-order chi connectivity index (χ0) is 17.1. The molecule has 1 saturated carbocycles. The Labute approximate surface area is 147 Å². The zero-order valence-corrected chi connectivity index (χ0v) is 15.1. The van der Waals surface area contributed by atoms with Crippen LogP contribution >= 0.6 is 11.6 Å². The van der Waals surface area contributed by atoms with Crippen molar-refractivity contribution in [1.29, 1.82) is 0 Å². The van der Waals surface area contributed by atoms with Crippen LogP contribution < -0.4 is 15.4 Å². The number of hydrogen-bond donors (Lipinski definition) is 2. The van der Waals surface area contributed by atoms with Crippen molar-refractivity contribution in [3.63, 3.8) is 0 Å². The van der Waals surface area contributed by atoms with Crippen molar-refractivity contribution >= 4 is 28.9 Å². The van der Waals surface area contributed by atoms with Crippen molar-refractivity contribution < 1.29 is 4.74 Å². The van der Waals surface area contributed by atoms with Crippen LogP contribution in [0.4, 0.5) is 17.3 Å². The first-order chi connectivity index (χ1) is 11.5. The second kappa shape index (κ2) is 7.26. The molecule has 1 aromatic heterocycles. The van der Waals surface area contributed by atoms with Gasteiger partial charge in [0.15, 0.2) is 0 Å². The number of nitrogens with zero attached hydrogens (tertiary/aromatic N) is 2. The van der Waals surface area contributed by atoms with Crippen LogP contribution in [0.2, 0.25) is 5.02 Å². The lowest BCUT2D eigenvalue weighted by atomic mass is 10.2. The summed E-state index contributed by atoms with van der Waals surface area (Å²) < 4.78 is 5.42. The van der Waals surface area contributed by atoms with E-state index >= 15 is 0 Å². The second-order valence-electron chi connectivity index (χ2n) is 6.24. The Kier molecular flexibility index (Phi) is 5.09. The maximum absolute atomic E-state index is 6.17. The van der Waals surface area contributed by atoms with Crippen LogP contribution in [0.15, 0.2) is 18.2 Å². The molecule has 5 nitrogen and oxygen atoms in total. The molecule has 0 spiro atoms. The molecule has 1 fully saturated rings. The third kappa shape index (κ3) is 3.90. The molecule has 1 aliphatic carbocycles. The van der Waals surface area contributed by atoms with Crippen molar-refractivity contribution in [3.8, 4) is 5.75 Å². The number of anilines is 3. The number of aryl methyl sites for hydroxylation is 2. The Balaban J connectivity index is 1.84. The molecular formula is C18H23ClN4O. The van der Waals surface area contributed by atoms with E-state index in [-0.39, 0.29) is 0 Å². The first-order valence-corrected chi connectivity index (χ1v) is 8.66. The van der Waals surface area contributed by atoms with Gasteiger partial charge in [-0.05, 0) is 38.3 Å². The largest absolute Gasteiger partial charge is 0.495 e. The molecular weight excluding hydrogens is 324 g/mol. The topological polar surface area (TPSA) is 59.1 Å². The van der Waals surface area contributed by atoms with Gasteiger partial charge in [0.05, 0.1) is 12.8 Å². The molecule has 0 saturated heterocycles. The summed E-state index contributed by atoms with van der Waals surface area (Å²) >= 11 is 6.17. The SMILES string of the molecule is COc1cc(Cl)c(C)cc1Nc1cc(NC2CCCC2)nc(C)n1. The van der Waals surface area contributed by atoms with Crippen molar-refractivity contribution in [2.75, 3.05) is 17.7 Å². The highest BCUT2D eigenvalue weighted by molar-refractivity contribution is 6.31. The van der Waals surface area contributed by atoms with Crippen LogP contribution in [0.3, 0.4) is 0 Å². The van der Waals surface area contributed by atoms with Gasteiger partial charge in [0, 0.05) is 23.2 Å². The molecule has 128 valence electrons. The molecule has 0 unspecified atom stereocenters. The lowest BCUT2D eigenvalue weighted by molar-refractivity contribution is 0.416.